The largest absolute Gasteiger partial charge is 0.743 e. The molecule has 0 aliphatic carbocycles. The Balaban J connectivity index is 0.000000292. The molecule has 0 nitrogen and oxygen atoms in total. The Morgan fingerprint density at radius 3 is 1.53 bits per heavy atom. The molecule has 17 heavy (non-hydrogen) atoms. The summed E-state index contributed by atoms with van der Waals surface area (Å²) in [5, 5.41) is 0. The molecule has 2 rings (SSSR count). The molecule has 1 heteroatoms. The van der Waals surface area contributed by atoms with E-state index in [4.69, 9.17) is 0 Å². The molecule has 0 unspecified atom stereocenters. The summed E-state index contributed by atoms with van der Waals surface area (Å²) in [6.45, 7) is 12.9. The minimum absolute atomic E-state index is 0. The Kier molecular flexibility index (Phi) is 6.52. The van der Waals surface area contributed by atoms with Crippen LogP contribution < -0.4 is 0 Å². The molecule has 0 saturated carbocycles. The maximum Gasteiger partial charge on any atom is 0 e. The Morgan fingerprint density at radius 1 is 0.941 bits per heavy atom. The van der Waals surface area contributed by atoms with Crippen LogP contribution in [0.3, 0.4) is 0 Å². The van der Waals surface area contributed by atoms with Crippen molar-refractivity contribution in [3.05, 3.63) is 57.6 Å². The van der Waals surface area contributed by atoms with Crippen molar-refractivity contribution in [3.8, 4) is 0 Å². The predicted octanol–water partition coefficient (Wildman–Crippen LogP) is 4.66. The van der Waals surface area contributed by atoms with Crippen LogP contribution >= 0.6 is 0 Å². The monoisotopic (exact) mass is 270 g/mol. The first-order valence-electron chi connectivity index (χ1n) is 5.82. The van der Waals surface area contributed by atoms with Gasteiger partial charge in [-0.2, -0.15) is 17.7 Å². The summed E-state index contributed by atoms with van der Waals surface area (Å²) in [4.78, 5) is 0. The molecule has 0 bridgehead atoms. The van der Waals surface area contributed by atoms with Gasteiger partial charge in [-0.25, -0.2) is 39.3 Å². The van der Waals surface area contributed by atoms with Crippen molar-refractivity contribution in [1.82, 2.24) is 0 Å². The fraction of sp³-hybridized carbons (Fsp3) is 0.375. The van der Waals surface area contributed by atoms with Crippen molar-refractivity contribution in [3.63, 3.8) is 0 Å². The molecular formula is C16H22Fe-6. The summed E-state index contributed by atoms with van der Waals surface area (Å²) in [6, 6.07) is 8.65. The van der Waals surface area contributed by atoms with Crippen LogP contribution in [0, 0.1) is 41.5 Å². The minimum atomic E-state index is 0. The Labute approximate surface area is 116 Å². The molecule has 0 N–H and O–H groups in total. The molecule has 0 aromatic heterocycles. The Bertz CT molecular complexity index is 419. The van der Waals surface area contributed by atoms with E-state index < -0.39 is 0 Å². The maximum atomic E-state index is 2.24. The van der Waals surface area contributed by atoms with Crippen molar-refractivity contribution in [2.24, 2.45) is 0 Å². The van der Waals surface area contributed by atoms with Gasteiger partial charge in [0.1, 0.15) is 0 Å². The molecule has 100 valence electrons. The van der Waals surface area contributed by atoms with E-state index in [0.29, 0.717) is 0 Å². The first kappa shape index (κ1) is 16.2. The van der Waals surface area contributed by atoms with E-state index >= 15 is 0 Å². The van der Waals surface area contributed by atoms with Gasteiger partial charge in [0.15, 0.2) is 0 Å². The van der Waals surface area contributed by atoms with Crippen molar-refractivity contribution < 1.29 is 17.1 Å². The van der Waals surface area contributed by atoms with E-state index in [1.165, 1.54) is 33.4 Å². The third-order valence-electron chi connectivity index (χ3n) is 3.24. The second kappa shape index (κ2) is 6.83. The van der Waals surface area contributed by atoms with E-state index in [2.05, 4.69) is 65.8 Å². The number of hydrogen-bond donors (Lipinski definition) is 0. The van der Waals surface area contributed by atoms with Crippen LogP contribution in [0.15, 0.2) is 24.3 Å². The second-order valence-electron chi connectivity index (χ2n) is 4.73. The first-order valence-corrected chi connectivity index (χ1v) is 5.82. The molecular weight excluding hydrogens is 248 g/mol. The minimum Gasteiger partial charge on any atom is -0.743 e. The summed E-state index contributed by atoms with van der Waals surface area (Å²) in [7, 11) is 0. The van der Waals surface area contributed by atoms with Crippen LogP contribution in [0.5, 0.6) is 0 Å². The fourth-order valence-corrected chi connectivity index (χ4v) is 1.85. The van der Waals surface area contributed by atoms with Gasteiger partial charge < -0.3 is 28.3 Å². The fourth-order valence-electron chi connectivity index (χ4n) is 1.85. The summed E-state index contributed by atoms with van der Waals surface area (Å²) >= 11 is 0. The average molecular weight is 270 g/mol. The zero-order valence-corrected chi connectivity index (χ0v) is 12.8. The van der Waals surface area contributed by atoms with Gasteiger partial charge in [0.05, 0.1) is 0 Å². The normalized spacial score (nSPS) is 9.29. The molecule has 2 aromatic rings. The molecule has 0 atom stereocenters. The van der Waals surface area contributed by atoms with E-state index in [1.807, 2.05) is 0 Å². The van der Waals surface area contributed by atoms with E-state index in [9.17, 15) is 0 Å². The number of rotatable bonds is 0. The van der Waals surface area contributed by atoms with Crippen LogP contribution in [0.4, 0.5) is 0 Å². The molecule has 0 heterocycles. The summed E-state index contributed by atoms with van der Waals surface area (Å²) in [5.41, 5.74) is 8.46. The van der Waals surface area contributed by atoms with Crippen molar-refractivity contribution in [1.29, 1.82) is 0 Å². The quantitative estimate of drug-likeness (QED) is 0.482. The smallest absolute Gasteiger partial charge is 0 e. The molecule has 0 aliphatic rings. The summed E-state index contributed by atoms with van der Waals surface area (Å²) in [6.07, 6.45) is 0. The van der Waals surface area contributed by atoms with Gasteiger partial charge in [0.2, 0.25) is 0 Å². The van der Waals surface area contributed by atoms with Crippen molar-refractivity contribution in [2.75, 3.05) is 0 Å². The molecule has 0 spiro atoms. The van der Waals surface area contributed by atoms with Gasteiger partial charge in [-0.05, 0) is 0 Å². The molecule has 2 aromatic carbocycles. The summed E-state index contributed by atoms with van der Waals surface area (Å²) in [5.74, 6) is 0. The van der Waals surface area contributed by atoms with Gasteiger partial charge in [-0.1, -0.05) is 13.8 Å². The van der Waals surface area contributed by atoms with Crippen LogP contribution in [-0.2, 0) is 17.1 Å². The summed E-state index contributed by atoms with van der Waals surface area (Å²) < 4.78 is 0. The first-order chi connectivity index (χ1) is 7.41. The maximum absolute atomic E-state index is 2.24. The van der Waals surface area contributed by atoms with Crippen LogP contribution in [0.1, 0.15) is 33.4 Å². The van der Waals surface area contributed by atoms with Gasteiger partial charge >= 0.3 is 0 Å². The topological polar surface area (TPSA) is 0 Å². The molecule has 0 saturated heterocycles. The van der Waals surface area contributed by atoms with Gasteiger partial charge in [0, 0.05) is 17.1 Å². The SMILES string of the molecule is C[c-]1[cH-][c-](C)[c-](C)[c-]1C.Cc1cc[c-](C)c1.[Fe]. The molecule has 0 radical (unpaired) electrons. The van der Waals surface area contributed by atoms with Crippen LogP contribution in [0.2, 0.25) is 0 Å². The Morgan fingerprint density at radius 2 is 1.41 bits per heavy atom. The molecule has 0 aliphatic heterocycles. The third kappa shape index (κ3) is 4.53. The van der Waals surface area contributed by atoms with Crippen molar-refractivity contribution >= 4 is 0 Å². The zero-order chi connectivity index (χ0) is 12.3. The van der Waals surface area contributed by atoms with Gasteiger partial charge in [-0.3, -0.25) is 0 Å². The Hall–Kier alpha value is -0.781. The van der Waals surface area contributed by atoms with E-state index in [-0.39, 0.29) is 17.1 Å². The second-order valence-corrected chi connectivity index (χ2v) is 4.73. The third-order valence-corrected chi connectivity index (χ3v) is 3.24. The van der Waals surface area contributed by atoms with Crippen molar-refractivity contribution in [2.45, 2.75) is 41.5 Å². The standard InChI is InChI=1S/C9H13.C7H9.Fe/c1-6-5-7(2)9(4)8(6)3;1-6-3-4-7(2)5-6;/h5H,1-4H3;3-5H,1-2H3;/q-5;-1;. The number of hydrogen-bond acceptors (Lipinski definition) is 0. The van der Waals surface area contributed by atoms with E-state index in [1.54, 1.807) is 0 Å². The molecule has 0 fully saturated rings. The van der Waals surface area contributed by atoms with Crippen LogP contribution in [0.25, 0.3) is 0 Å². The van der Waals surface area contributed by atoms with Gasteiger partial charge in [0.25, 0.3) is 0 Å². The van der Waals surface area contributed by atoms with Gasteiger partial charge in [-0.15, -0.1) is 0 Å². The van der Waals surface area contributed by atoms with Crippen LogP contribution in [-0.4, -0.2) is 0 Å². The van der Waals surface area contributed by atoms with E-state index in [0.717, 1.165) is 0 Å². The zero-order valence-electron chi connectivity index (χ0n) is 11.7. The predicted molar refractivity (Wildman–Crippen MR) is 72.5 cm³/mol. The molecule has 0 amide bonds. The number of aryl methyl sites for hydroxylation is 4. The average Bonchev–Trinajstić information content (AvgIpc) is 2.68.